The standard InChI is InChI=1S/C8H17N/c1-4-8(3,5-2)7-6-9-7/h7,9H,4-6H2,1-3H3. The van der Waals surface area contributed by atoms with E-state index in [0.29, 0.717) is 5.41 Å². The van der Waals surface area contributed by atoms with Gasteiger partial charge in [0.1, 0.15) is 0 Å². The van der Waals surface area contributed by atoms with Crippen LogP contribution in [-0.4, -0.2) is 12.6 Å². The summed E-state index contributed by atoms with van der Waals surface area (Å²) in [5, 5.41) is 3.38. The van der Waals surface area contributed by atoms with Crippen molar-refractivity contribution < 1.29 is 0 Å². The van der Waals surface area contributed by atoms with Gasteiger partial charge in [0.2, 0.25) is 0 Å². The lowest BCUT2D eigenvalue weighted by molar-refractivity contribution is 0.291. The quantitative estimate of drug-likeness (QED) is 0.573. The number of nitrogens with one attached hydrogen (secondary N) is 1. The summed E-state index contributed by atoms with van der Waals surface area (Å²) in [6, 6.07) is 0.826. The lowest BCUT2D eigenvalue weighted by atomic mass is 9.81. The van der Waals surface area contributed by atoms with Crippen molar-refractivity contribution in [3.8, 4) is 0 Å². The Morgan fingerprint density at radius 2 is 1.89 bits per heavy atom. The van der Waals surface area contributed by atoms with Crippen LogP contribution in [-0.2, 0) is 0 Å². The fraction of sp³-hybridized carbons (Fsp3) is 1.00. The predicted octanol–water partition coefficient (Wildman–Crippen LogP) is 1.78. The minimum atomic E-state index is 0.583. The highest BCUT2D eigenvalue weighted by Crippen LogP contribution is 2.33. The van der Waals surface area contributed by atoms with Crippen molar-refractivity contribution in [3.05, 3.63) is 0 Å². The molecule has 1 unspecified atom stereocenters. The Hall–Kier alpha value is -0.0400. The summed E-state index contributed by atoms with van der Waals surface area (Å²) in [5.41, 5.74) is 0.583. The van der Waals surface area contributed by atoms with Gasteiger partial charge in [0.25, 0.3) is 0 Å². The van der Waals surface area contributed by atoms with Gasteiger partial charge in [-0.25, -0.2) is 0 Å². The van der Waals surface area contributed by atoms with E-state index in [2.05, 4.69) is 26.1 Å². The van der Waals surface area contributed by atoms with Crippen molar-refractivity contribution >= 4 is 0 Å². The van der Waals surface area contributed by atoms with Crippen LogP contribution in [0.5, 0.6) is 0 Å². The maximum absolute atomic E-state index is 3.38. The van der Waals surface area contributed by atoms with Crippen LogP contribution in [0.15, 0.2) is 0 Å². The van der Waals surface area contributed by atoms with Crippen LogP contribution in [0.2, 0.25) is 0 Å². The van der Waals surface area contributed by atoms with Gasteiger partial charge in [-0.3, -0.25) is 0 Å². The number of rotatable bonds is 3. The molecule has 0 aliphatic carbocycles. The molecule has 1 saturated heterocycles. The number of hydrogen-bond donors (Lipinski definition) is 1. The minimum absolute atomic E-state index is 0.583. The van der Waals surface area contributed by atoms with Gasteiger partial charge >= 0.3 is 0 Å². The molecule has 0 aromatic carbocycles. The molecule has 9 heavy (non-hydrogen) atoms. The van der Waals surface area contributed by atoms with Crippen LogP contribution in [0.1, 0.15) is 33.6 Å². The Labute approximate surface area is 57.8 Å². The molecule has 0 amide bonds. The van der Waals surface area contributed by atoms with Crippen molar-refractivity contribution in [3.63, 3.8) is 0 Å². The molecule has 0 spiro atoms. The Morgan fingerprint density at radius 1 is 1.44 bits per heavy atom. The van der Waals surface area contributed by atoms with E-state index in [1.54, 1.807) is 0 Å². The molecule has 54 valence electrons. The molecule has 1 nitrogen and oxygen atoms in total. The van der Waals surface area contributed by atoms with Gasteiger partial charge in [0.15, 0.2) is 0 Å². The third-order valence-corrected chi connectivity index (χ3v) is 2.86. The predicted molar refractivity (Wildman–Crippen MR) is 40.5 cm³/mol. The number of hydrogen-bond acceptors (Lipinski definition) is 1. The highest BCUT2D eigenvalue weighted by Gasteiger charge is 2.37. The maximum Gasteiger partial charge on any atom is 0.0246 e. The van der Waals surface area contributed by atoms with E-state index in [1.807, 2.05) is 0 Å². The molecule has 1 N–H and O–H groups in total. The molecule has 0 aromatic heterocycles. The van der Waals surface area contributed by atoms with E-state index in [0.717, 1.165) is 6.04 Å². The molecular formula is C8H17N. The van der Waals surface area contributed by atoms with Crippen molar-refractivity contribution in [1.29, 1.82) is 0 Å². The Balaban J connectivity index is 2.43. The smallest absolute Gasteiger partial charge is 0.0246 e. The third-order valence-electron chi connectivity index (χ3n) is 2.86. The van der Waals surface area contributed by atoms with Gasteiger partial charge in [-0.1, -0.05) is 20.8 Å². The van der Waals surface area contributed by atoms with Crippen molar-refractivity contribution in [2.75, 3.05) is 6.54 Å². The zero-order valence-electron chi connectivity index (χ0n) is 6.70. The fourth-order valence-electron chi connectivity index (χ4n) is 1.29. The molecule has 0 aromatic rings. The second-order valence-electron chi connectivity index (χ2n) is 3.32. The van der Waals surface area contributed by atoms with Gasteiger partial charge in [0.05, 0.1) is 0 Å². The summed E-state index contributed by atoms with van der Waals surface area (Å²) in [7, 11) is 0. The summed E-state index contributed by atoms with van der Waals surface area (Å²) in [4.78, 5) is 0. The topological polar surface area (TPSA) is 21.9 Å². The van der Waals surface area contributed by atoms with E-state index in [1.165, 1.54) is 19.4 Å². The van der Waals surface area contributed by atoms with Crippen LogP contribution in [0.3, 0.4) is 0 Å². The van der Waals surface area contributed by atoms with Crippen molar-refractivity contribution in [2.24, 2.45) is 5.41 Å². The summed E-state index contributed by atoms with van der Waals surface area (Å²) in [6.45, 7) is 8.18. The molecule has 1 aliphatic heterocycles. The molecule has 0 radical (unpaired) electrons. The molecule has 0 bridgehead atoms. The fourth-order valence-corrected chi connectivity index (χ4v) is 1.29. The van der Waals surface area contributed by atoms with Crippen LogP contribution in [0.4, 0.5) is 0 Å². The zero-order valence-corrected chi connectivity index (χ0v) is 6.70. The molecule has 1 heterocycles. The Morgan fingerprint density at radius 3 is 2.00 bits per heavy atom. The van der Waals surface area contributed by atoms with Crippen LogP contribution >= 0.6 is 0 Å². The first-order valence-electron chi connectivity index (χ1n) is 3.96. The van der Waals surface area contributed by atoms with E-state index >= 15 is 0 Å². The largest absolute Gasteiger partial charge is 0.311 e. The SMILES string of the molecule is CCC(C)(CC)C1CN1. The average Bonchev–Trinajstić information content (AvgIpc) is 2.68. The van der Waals surface area contributed by atoms with E-state index in [4.69, 9.17) is 0 Å². The lowest BCUT2D eigenvalue weighted by Gasteiger charge is -2.24. The molecule has 1 atom stereocenters. The van der Waals surface area contributed by atoms with E-state index in [9.17, 15) is 0 Å². The molecule has 1 fully saturated rings. The van der Waals surface area contributed by atoms with Gasteiger partial charge in [0, 0.05) is 12.6 Å². The average molecular weight is 127 g/mol. The van der Waals surface area contributed by atoms with Gasteiger partial charge in [-0.05, 0) is 18.3 Å². The summed E-state index contributed by atoms with van der Waals surface area (Å²) in [5.74, 6) is 0. The normalized spacial score (nSPS) is 26.3. The molecular weight excluding hydrogens is 110 g/mol. The minimum Gasteiger partial charge on any atom is -0.311 e. The van der Waals surface area contributed by atoms with Crippen LogP contribution in [0, 0.1) is 5.41 Å². The van der Waals surface area contributed by atoms with Crippen LogP contribution in [0.25, 0.3) is 0 Å². The molecule has 1 heteroatoms. The molecule has 1 rings (SSSR count). The van der Waals surface area contributed by atoms with Crippen molar-refractivity contribution in [1.82, 2.24) is 5.32 Å². The van der Waals surface area contributed by atoms with Crippen LogP contribution < -0.4 is 5.32 Å². The molecule has 0 saturated carbocycles. The summed E-state index contributed by atoms with van der Waals surface area (Å²) < 4.78 is 0. The zero-order chi connectivity index (χ0) is 6.91. The maximum atomic E-state index is 3.38. The summed E-state index contributed by atoms with van der Waals surface area (Å²) >= 11 is 0. The van der Waals surface area contributed by atoms with Gasteiger partial charge < -0.3 is 5.32 Å². The lowest BCUT2D eigenvalue weighted by Crippen LogP contribution is -2.23. The van der Waals surface area contributed by atoms with Gasteiger partial charge in [-0.15, -0.1) is 0 Å². The first kappa shape index (κ1) is 7.07. The van der Waals surface area contributed by atoms with E-state index < -0.39 is 0 Å². The Kier molecular flexibility index (Phi) is 1.80. The first-order chi connectivity index (χ1) is 4.23. The van der Waals surface area contributed by atoms with Crippen molar-refractivity contribution in [2.45, 2.75) is 39.7 Å². The second-order valence-corrected chi connectivity index (χ2v) is 3.32. The molecule has 1 aliphatic rings. The second kappa shape index (κ2) is 2.30. The van der Waals surface area contributed by atoms with Gasteiger partial charge in [-0.2, -0.15) is 0 Å². The Bertz CT molecular complexity index is 90.7. The third kappa shape index (κ3) is 1.26. The summed E-state index contributed by atoms with van der Waals surface area (Å²) in [6.07, 6.45) is 2.61. The van der Waals surface area contributed by atoms with E-state index in [-0.39, 0.29) is 0 Å². The first-order valence-corrected chi connectivity index (χ1v) is 3.96. The highest BCUT2D eigenvalue weighted by molar-refractivity contribution is 4.96. The highest BCUT2D eigenvalue weighted by atomic mass is 15.1. The monoisotopic (exact) mass is 127 g/mol.